The largest absolute Gasteiger partial charge is 0.447 e. The number of hydrogen-bond donors (Lipinski definition) is 2. The van der Waals surface area contributed by atoms with Crippen molar-refractivity contribution < 1.29 is 48.3 Å². The van der Waals surface area contributed by atoms with Crippen LogP contribution in [-0.2, 0) is 46.3 Å². The Morgan fingerprint density at radius 1 is 1.12 bits per heavy atom. The van der Waals surface area contributed by atoms with Crippen molar-refractivity contribution in [2.24, 2.45) is 0 Å². The lowest BCUT2D eigenvalue weighted by molar-refractivity contribution is -0.227. The van der Waals surface area contributed by atoms with Crippen molar-refractivity contribution in [3.63, 3.8) is 0 Å². The molecule has 1 saturated heterocycles. The minimum atomic E-state index is -1.95. The predicted molar refractivity (Wildman–Crippen MR) is 157 cm³/mol. The number of hydrogen-bond acceptors (Lipinski definition) is 10. The Kier molecular flexibility index (Phi) is 12.0. The molecule has 43 heavy (non-hydrogen) atoms. The molecule has 0 aromatic heterocycles. The van der Waals surface area contributed by atoms with E-state index >= 15 is 0 Å². The molecular formula is C31H36BrNO10. The van der Waals surface area contributed by atoms with Crippen LogP contribution in [0.1, 0.15) is 24.0 Å². The molecule has 2 N–H and O–H groups in total. The van der Waals surface area contributed by atoms with Gasteiger partial charge in [-0.2, -0.15) is 0 Å². The SMILES string of the molecule is CO[C@H](C(=O)N1C(=O)OC[C@@H]1Cc1ccccc1)[C@H]1O[C@](O)(CCCOC[C@@H](CO)OCc2ccccc2)C(Br)=CC1=O. The molecule has 0 bridgehead atoms. The summed E-state index contributed by atoms with van der Waals surface area (Å²) in [6.45, 7) is 0.443. The molecule has 0 unspecified atom stereocenters. The highest BCUT2D eigenvalue weighted by atomic mass is 79.9. The number of aliphatic hydroxyl groups is 2. The molecule has 2 amide bonds. The van der Waals surface area contributed by atoms with E-state index in [4.69, 9.17) is 23.7 Å². The van der Waals surface area contributed by atoms with Gasteiger partial charge in [0.15, 0.2) is 23.8 Å². The summed E-state index contributed by atoms with van der Waals surface area (Å²) in [4.78, 5) is 40.0. The van der Waals surface area contributed by atoms with Crippen LogP contribution < -0.4 is 0 Å². The van der Waals surface area contributed by atoms with E-state index in [1.54, 1.807) is 0 Å². The number of ketones is 1. The lowest BCUT2D eigenvalue weighted by Crippen LogP contribution is -2.56. The van der Waals surface area contributed by atoms with Crippen LogP contribution in [-0.4, -0.2) is 96.6 Å². The van der Waals surface area contributed by atoms with Gasteiger partial charge >= 0.3 is 6.09 Å². The number of halogens is 1. The van der Waals surface area contributed by atoms with Crippen molar-refractivity contribution >= 4 is 33.7 Å². The number of nitrogens with zero attached hydrogens (tertiary/aromatic N) is 1. The van der Waals surface area contributed by atoms with Gasteiger partial charge in [0.2, 0.25) is 0 Å². The minimum absolute atomic E-state index is 0.000799. The van der Waals surface area contributed by atoms with Gasteiger partial charge in [0.25, 0.3) is 5.91 Å². The first-order valence-electron chi connectivity index (χ1n) is 14.0. The molecule has 5 atom stereocenters. The average Bonchev–Trinajstić information content (AvgIpc) is 3.37. The van der Waals surface area contributed by atoms with E-state index in [2.05, 4.69) is 15.9 Å². The third-order valence-corrected chi connectivity index (χ3v) is 8.02. The van der Waals surface area contributed by atoms with Crippen LogP contribution in [0.5, 0.6) is 0 Å². The average molecular weight is 663 g/mol. The Bertz CT molecular complexity index is 1260. The van der Waals surface area contributed by atoms with Crippen LogP contribution >= 0.6 is 15.9 Å². The quantitative estimate of drug-likeness (QED) is 0.274. The van der Waals surface area contributed by atoms with Gasteiger partial charge in [-0.1, -0.05) is 60.7 Å². The topological polar surface area (TPSA) is 141 Å². The predicted octanol–water partition coefficient (Wildman–Crippen LogP) is 2.90. The maximum Gasteiger partial charge on any atom is 0.417 e. The number of aliphatic hydroxyl groups excluding tert-OH is 1. The zero-order valence-corrected chi connectivity index (χ0v) is 25.4. The number of ether oxygens (including phenoxy) is 5. The number of carbonyl (C=O) groups excluding carboxylic acids is 3. The molecule has 0 saturated carbocycles. The van der Waals surface area contributed by atoms with Gasteiger partial charge in [-0.15, -0.1) is 0 Å². The summed E-state index contributed by atoms with van der Waals surface area (Å²) in [6.07, 6.45) is -2.57. The number of cyclic esters (lactones) is 1. The fraction of sp³-hybridized carbons (Fsp3) is 0.452. The lowest BCUT2D eigenvalue weighted by atomic mass is 9.99. The van der Waals surface area contributed by atoms with Crippen molar-refractivity contribution in [3.05, 3.63) is 82.3 Å². The standard InChI is InChI=1S/C31H36BrNO10/c1-39-28(29(36)33-23(19-42-30(33)37)15-21-9-4-2-5-10-21)27-25(35)16-26(32)31(38,43-27)13-8-14-40-20-24(17-34)41-18-22-11-6-3-7-12-22/h2-7,9-12,16,23-24,27-28,34,38H,8,13-15,17-20H2,1H3/t23-,24+,27-,28-,31+/m0/s1. The molecule has 0 aliphatic carbocycles. The van der Waals surface area contributed by atoms with Crippen LogP contribution in [0.4, 0.5) is 4.79 Å². The van der Waals surface area contributed by atoms with Crippen molar-refractivity contribution in [2.45, 2.75) is 56.0 Å². The summed E-state index contributed by atoms with van der Waals surface area (Å²) >= 11 is 3.22. The number of imide groups is 1. The zero-order valence-electron chi connectivity index (χ0n) is 23.8. The molecule has 2 aliphatic heterocycles. The van der Waals surface area contributed by atoms with Crippen LogP contribution in [0.25, 0.3) is 0 Å². The first-order valence-corrected chi connectivity index (χ1v) is 14.8. The fourth-order valence-electron chi connectivity index (χ4n) is 4.86. The highest BCUT2D eigenvalue weighted by molar-refractivity contribution is 9.11. The molecule has 2 heterocycles. The smallest absolute Gasteiger partial charge is 0.417 e. The van der Waals surface area contributed by atoms with Crippen LogP contribution in [0.3, 0.4) is 0 Å². The second-order valence-corrected chi connectivity index (χ2v) is 11.1. The Hall–Kier alpha value is -2.97. The molecule has 12 heteroatoms. The van der Waals surface area contributed by atoms with Gasteiger partial charge in [0.05, 0.1) is 30.3 Å². The Balaban J connectivity index is 1.32. The highest BCUT2D eigenvalue weighted by Gasteiger charge is 2.50. The van der Waals surface area contributed by atoms with E-state index in [1.165, 1.54) is 7.11 Å². The van der Waals surface area contributed by atoms with Crippen molar-refractivity contribution in [1.29, 1.82) is 0 Å². The first kappa shape index (κ1) is 32.9. The highest BCUT2D eigenvalue weighted by Crippen LogP contribution is 2.36. The number of methoxy groups -OCH3 is 1. The summed E-state index contributed by atoms with van der Waals surface area (Å²) in [5.41, 5.74) is 1.87. The van der Waals surface area contributed by atoms with Gasteiger partial charge in [-0.3, -0.25) is 9.59 Å². The van der Waals surface area contributed by atoms with Crippen molar-refractivity contribution in [2.75, 3.05) is 33.5 Å². The van der Waals surface area contributed by atoms with Gasteiger partial charge in [-0.25, -0.2) is 9.69 Å². The molecule has 2 aromatic carbocycles. The fourth-order valence-corrected chi connectivity index (χ4v) is 5.38. The summed E-state index contributed by atoms with van der Waals surface area (Å²) in [7, 11) is 1.23. The van der Waals surface area contributed by atoms with Crippen molar-refractivity contribution in [3.8, 4) is 0 Å². The Morgan fingerprint density at radius 3 is 2.44 bits per heavy atom. The molecule has 1 fully saturated rings. The van der Waals surface area contributed by atoms with Crippen LogP contribution in [0.2, 0.25) is 0 Å². The molecule has 2 aromatic rings. The normalized spacial score (nSPS) is 23.5. The molecule has 11 nitrogen and oxygen atoms in total. The maximum atomic E-state index is 13.6. The van der Waals surface area contributed by atoms with E-state index < -0.39 is 47.9 Å². The van der Waals surface area contributed by atoms with E-state index in [0.717, 1.165) is 22.1 Å². The van der Waals surface area contributed by atoms with Gasteiger partial charge in [-0.05, 0) is 46.0 Å². The van der Waals surface area contributed by atoms with E-state index in [9.17, 15) is 24.6 Å². The molecule has 4 rings (SSSR count). The summed E-state index contributed by atoms with van der Waals surface area (Å²) in [5, 5.41) is 20.9. The molecule has 0 radical (unpaired) electrons. The van der Waals surface area contributed by atoms with E-state index in [-0.39, 0.29) is 37.3 Å². The molecular weight excluding hydrogens is 626 g/mol. The van der Waals surface area contributed by atoms with E-state index in [1.807, 2.05) is 60.7 Å². The van der Waals surface area contributed by atoms with Crippen molar-refractivity contribution in [1.82, 2.24) is 4.90 Å². The number of amides is 2. The molecule has 0 spiro atoms. The Morgan fingerprint density at radius 2 is 1.79 bits per heavy atom. The molecule has 232 valence electrons. The van der Waals surface area contributed by atoms with Crippen LogP contribution in [0, 0.1) is 0 Å². The summed E-state index contributed by atoms with van der Waals surface area (Å²) < 4.78 is 27.8. The number of carbonyl (C=O) groups is 3. The number of benzene rings is 2. The second kappa shape index (κ2) is 15.7. The third-order valence-electron chi connectivity index (χ3n) is 7.17. The van der Waals surface area contributed by atoms with E-state index in [0.29, 0.717) is 19.4 Å². The minimum Gasteiger partial charge on any atom is -0.447 e. The van der Waals surface area contributed by atoms with Gasteiger partial charge < -0.3 is 33.9 Å². The monoisotopic (exact) mass is 661 g/mol. The van der Waals surface area contributed by atoms with Gasteiger partial charge in [0, 0.05) is 20.1 Å². The third kappa shape index (κ3) is 8.57. The molecule has 2 aliphatic rings. The van der Waals surface area contributed by atoms with Crippen LogP contribution in [0.15, 0.2) is 71.2 Å². The summed E-state index contributed by atoms with van der Waals surface area (Å²) in [5.74, 6) is -3.36. The summed E-state index contributed by atoms with van der Waals surface area (Å²) in [6, 6.07) is 18.3. The number of rotatable bonds is 15. The Labute approximate surface area is 258 Å². The zero-order chi connectivity index (χ0) is 30.8. The second-order valence-electron chi connectivity index (χ2n) is 10.3. The maximum absolute atomic E-state index is 13.6. The van der Waals surface area contributed by atoms with Gasteiger partial charge in [0.1, 0.15) is 12.7 Å². The lowest BCUT2D eigenvalue weighted by Gasteiger charge is -2.38. The first-order chi connectivity index (χ1) is 20.8.